The average Bonchev–Trinajstić information content (AvgIpc) is 3.16. The van der Waals surface area contributed by atoms with E-state index in [4.69, 9.17) is 17.4 Å². The number of carbonyl (C=O) groups excluding carboxylic acids is 2. The number of halogens is 3. The molecule has 0 aliphatic heterocycles. The van der Waals surface area contributed by atoms with Crippen LogP contribution in [0.5, 0.6) is 0 Å². The molecule has 0 bridgehead atoms. The molecule has 0 spiro atoms. The van der Waals surface area contributed by atoms with E-state index in [1.165, 1.54) is 4.68 Å². The first-order chi connectivity index (χ1) is 14.9. The summed E-state index contributed by atoms with van der Waals surface area (Å²) >= 11 is 13.1. The van der Waals surface area contributed by atoms with Gasteiger partial charge in [-0.2, -0.15) is 0 Å². The average molecular weight is 566 g/mol. The molecule has 0 saturated heterocycles. The lowest BCUT2D eigenvalue weighted by Gasteiger charge is -2.14. The van der Waals surface area contributed by atoms with Crippen molar-refractivity contribution in [3.8, 4) is 5.82 Å². The maximum Gasteiger partial charge on any atom is 0.365 e. The van der Waals surface area contributed by atoms with Crippen LogP contribution in [-0.4, -0.2) is 21.9 Å². The van der Waals surface area contributed by atoms with Gasteiger partial charge >= 0.3 is 5.82 Å². The maximum absolute atomic E-state index is 13.3. The topological polar surface area (TPSA) is 117 Å². The minimum absolute atomic E-state index is 0.207. The molecule has 0 fully saturated rings. The van der Waals surface area contributed by atoms with Crippen molar-refractivity contribution in [1.29, 1.82) is 0 Å². The van der Waals surface area contributed by atoms with E-state index in [9.17, 15) is 9.59 Å². The van der Waals surface area contributed by atoms with Crippen molar-refractivity contribution in [3.05, 3.63) is 80.1 Å². The number of carbonyl (C=O) groups is 2. The molecule has 11 heteroatoms. The van der Waals surface area contributed by atoms with Crippen LogP contribution in [0.3, 0.4) is 0 Å². The lowest BCUT2D eigenvalue weighted by Crippen LogP contribution is -2.41. The minimum atomic E-state index is -0.544. The lowest BCUT2D eigenvalue weighted by atomic mass is 10.0. The molecule has 156 valence electrons. The predicted molar refractivity (Wildman–Crippen MR) is 124 cm³/mol. The van der Waals surface area contributed by atoms with Crippen LogP contribution >= 0.6 is 43.5 Å². The first-order valence-corrected chi connectivity index (χ1v) is 10.8. The van der Waals surface area contributed by atoms with Crippen LogP contribution in [0, 0.1) is 0 Å². The van der Waals surface area contributed by atoms with E-state index in [1.54, 1.807) is 30.5 Å². The Labute approximate surface area is 198 Å². The van der Waals surface area contributed by atoms with Crippen LogP contribution in [0.1, 0.15) is 20.8 Å². The van der Waals surface area contributed by atoms with Gasteiger partial charge in [0.05, 0.1) is 11.3 Å². The summed E-state index contributed by atoms with van der Waals surface area (Å²) in [5, 5.41) is 7.77. The SMILES string of the molecule is NNC(=O)c1cc2ccccc2c(Br)c1NC(=O)c1cc(Br)[nH][n+]1-c1ncccc1Cl. The molecule has 0 radical (unpaired) electrons. The zero-order valence-electron chi connectivity index (χ0n) is 15.6. The third kappa shape index (κ3) is 4.07. The van der Waals surface area contributed by atoms with Gasteiger partial charge in [-0.1, -0.05) is 35.9 Å². The number of nitrogen functional groups attached to an aromatic ring is 1. The normalized spacial score (nSPS) is 10.8. The number of hydrogen-bond acceptors (Lipinski definition) is 4. The molecule has 0 aliphatic rings. The highest BCUT2D eigenvalue weighted by atomic mass is 79.9. The van der Waals surface area contributed by atoms with Crippen LogP contribution in [-0.2, 0) is 0 Å². The van der Waals surface area contributed by atoms with Gasteiger partial charge < -0.3 is 5.32 Å². The molecule has 2 aromatic heterocycles. The van der Waals surface area contributed by atoms with Gasteiger partial charge in [0.15, 0.2) is 0 Å². The van der Waals surface area contributed by atoms with E-state index in [2.05, 4.69) is 52.7 Å². The van der Waals surface area contributed by atoms with Gasteiger partial charge in [-0.15, -0.1) is 4.68 Å². The minimum Gasteiger partial charge on any atom is -0.317 e. The number of hydrazine groups is 1. The zero-order chi connectivity index (χ0) is 22.1. The molecule has 4 aromatic rings. The molecule has 31 heavy (non-hydrogen) atoms. The molecule has 4 rings (SSSR count). The number of nitrogens with two attached hydrogens (primary N) is 1. The number of anilines is 1. The number of fused-ring (bicyclic) bond motifs is 1. The number of aromatic amines is 1. The third-order valence-corrected chi connectivity index (χ3v) is 6.03. The molecule has 2 aromatic carbocycles. The monoisotopic (exact) mass is 563 g/mol. The summed E-state index contributed by atoms with van der Waals surface area (Å²) in [6.45, 7) is 0. The Morgan fingerprint density at radius 1 is 1.10 bits per heavy atom. The second-order valence-corrected chi connectivity index (χ2v) is 8.45. The Kier molecular flexibility index (Phi) is 6.05. The first kappa shape index (κ1) is 21.4. The van der Waals surface area contributed by atoms with Crippen LogP contribution in [0.2, 0.25) is 5.02 Å². The summed E-state index contributed by atoms with van der Waals surface area (Å²) in [6.07, 6.45) is 1.56. The predicted octanol–water partition coefficient (Wildman–Crippen LogP) is 3.87. The fourth-order valence-electron chi connectivity index (χ4n) is 3.12. The number of pyridine rings is 1. The highest BCUT2D eigenvalue weighted by Crippen LogP contribution is 2.35. The molecular formula is C20H14Br2ClN6O2+. The second-order valence-electron chi connectivity index (χ2n) is 6.40. The van der Waals surface area contributed by atoms with Crippen molar-refractivity contribution in [3.63, 3.8) is 0 Å². The van der Waals surface area contributed by atoms with Crippen molar-refractivity contribution in [1.82, 2.24) is 15.5 Å². The standard InChI is InChI=1S/C20H13Br2ClN6O2/c21-15-9-14(29(28-15)18-13(23)6-3-7-25-18)20(31)26-17-12(19(30)27-24)8-10-4-1-2-5-11(10)16(17)22/h1-9H,(H4,24,26,27,28,30,31)/p+1. The van der Waals surface area contributed by atoms with Crippen LogP contribution in [0.25, 0.3) is 16.6 Å². The molecule has 8 nitrogen and oxygen atoms in total. The smallest absolute Gasteiger partial charge is 0.317 e. The van der Waals surface area contributed by atoms with Crippen molar-refractivity contribution in [2.45, 2.75) is 0 Å². The van der Waals surface area contributed by atoms with E-state index >= 15 is 0 Å². The van der Waals surface area contributed by atoms with Gasteiger partial charge in [0.2, 0.25) is 5.69 Å². The van der Waals surface area contributed by atoms with Gasteiger partial charge in [0, 0.05) is 10.5 Å². The molecule has 5 N–H and O–H groups in total. The number of rotatable bonds is 4. The Bertz CT molecular complexity index is 1340. The Hall–Kier alpha value is -2.79. The van der Waals surface area contributed by atoms with Gasteiger partial charge in [0.25, 0.3) is 11.8 Å². The van der Waals surface area contributed by atoms with E-state index in [1.807, 2.05) is 24.3 Å². The summed E-state index contributed by atoms with van der Waals surface area (Å²) in [6, 6.07) is 14.0. The molecule has 0 aliphatic carbocycles. The molecule has 0 unspecified atom stereocenters. The number of aromatic nitrogens is 3. The van der Waals surface area contributed by atoms with E-state index in [0.717, 1.165) is 10.8 Å². The Morgan fingerprint density at radius 3 is 2.61 bits per heavy atom. The summed E-state index contributed by atoms with van der Waals surface area (Å²) in [5.41, 5.74) is 2.82. The first-order valence-electron chi connectivity index (χ1n) is 8.85. The number of nitrogens with one attached hydrogen (secondary N) is 3. The van der Waals surface area contributed by atoms with Crippen molar-refractivity contribution in [2.75, 3.05) is 5.32 Å². The molecule has 2 heterocycles. The fraction of sp³-hybridized carbons (Fsp3) is 0. The quantitative estimate of drug-likeness (QED) is 0.130. The fourth-order valence-corrected chi connectivity index (χ4v) is 4.39. The maximum atomic E-state index is 13.3. The van der Waals surface area contributed by atoms with E-state index in [0.29, 0.717) is 19.9 Å². The number of amides is 2. The van der Waals surface area contributed by atoms with Gasteiger partial charge in [0.1, 0.15) is 15.8 Å². The molecule has 2 amide bonds. The number of nitrogens with zero attached hydrogens (tertiary/aromatic N) is 2. The van der Waals surface area contributed by atoms with Crippen LogP contribution < -0.4 is 21.3 Å². The van der Waals surface area contributed by atoms with E-state index < -0.39 is 11.8 Å². The summed E-state index contributed by atoms with van der Waals surface area (Å²) in [7, 11) is 0. The summed E-state index contributed by atoms with van der Waals surface area (Å²) in [5.74, 6) is 4.67. The number of hydrogen-bond donors (Lipinski definition) is 4. The van der Waals surface area contributed by atoms with Crippen molar-refractivity contribution < 1.29 is 14.3 Å². The summed E-state index contributed by atoms with van der Waals surface area (Å²) in [4.78, 5) is 29.9. The Morgan fingerprint density at radius 2 is 1.87 bits per heavy atom. The highest BCUT2D eigenvalue weighted by Gasteiger charge is 2.27. The third-order valence-electron chi connectivity index (χ3n) is 4.51. The van der Waals surface area contributed by atoms with Crippen LogP contribution in [0.4, 0.5) is 5.69 Å². The highest BCUT2D eigenvalue weighted by molar-refractivity contribution is 9.11. The second kappa shape index (κ2) is 8.75. The Balaban J connectivity index is 1.82. The summed E-state index contributed by atoms with van der Waals surface area (Å²) < 4.78 is 2.53. The van der Waals surface area contributed by atoms with Crippen molar-refractivity contribution >= 4 is 71.7 Å². The van der Waals surface area contributed by atoms with E-state index in [-0.39, 0.29) is 16.9 Å². The molecule has 0 saturated carbocycles. The largest absolute Gasteiger partial charge is 0.365 e. The van der Waals surface area contributed by atoms with Gasteiger partial charge in [-0.3, -0.25) is 15.0 Å². The van der Waals surface area contributed by atoms with Crippen LogP contribution in [0.15, 0.2) is 63.8 Å². The number of H-pyrrole nitrogens is 1. The van der Waals surface area contributed by atoms with Crippen molar-refractivity contribution in [2.24, 2.45) is 5.84 Å². The molecule has 0 atom stereocenters. The number of benzene rings is 2. The van der Waals surface area contributed by atoms with Gasteiger partial charge in [-0.05, 0) is 65.8 Å². The zero-order valence-corrected chi connectivity index (χ0v) is 19.5. The lowest BCUT2D eigenvalue weighted by molar-refractivity contribution is -0.661. The van der Waals surface area contributed by atoms with Gasteiger partial charge in [-0.25, -0.2) is 10.9 Å². The molecular weight excluding hydrogens is 552 g/mol.